The third kappa shape index (κ3) is 1.96. The first-order chi connectivity index (χ1) is 6.85. The fourth-order valence-corrected chi connectivity index (χ4v) is 2.05. The molecule has 1 heterocycles. The molecule has 0 atom stereocenters. The highest BCUT2D eigenvalue weighted by Crippen LogP contribution is 2.29. The minimum Gasteiger partial charge on any atom is -0.394 e. The second-order valence-electron chi connectivity index (χ2n) is 4.03. The standard InChI is InChI=1S/C10H16N2O2/c13-8-10(3-1-2-4-10)11-5-9-6-12-14-7-9/h6-7,11,13H,1-5,8H2. The van der Waals surface area contributed by atoms with Crippen LogP contribution in [0.3, 0.4) is 0 Å². The molecular weight excluding hydrogens is 180 g/mol. The van der Waals surface area contributed by atoms with E-state index in [0.29, 0.717) is 0 Å². The molecule has 1 saturated carbocycles. The number of nitrogens with zero attached hydrogens (tertiary/aromatic N) is 1. The minimum absolute atomic E-state index is 0.0583. The maximum Gasteiger partial charge on any atom is 0.128 e. The van der Waals surface area contributed by atoms with Crippen LogP contribution in [0.15, 0.2) is 17.0 Å². The molecule has 2 N–H and O–H groups in total. The van der Waals surface area contributed by atoms with Crippen LogP contribution < -0.4 is 5.32 Å². The fourth-order valence-electron chi connectivity index (χ4n) is 2.05. The number of aliphatic hydroxyl groups is 1. The number of hydrogen-bond acceptors (Lipinski definition) is 4. The summed E-state index contributed by atoms with van der Waals surface area (Å²) >= 11 is 0. The van der Waals surface area contributed by atoms with Crippen molar-refractivity contribution in [3.05, 3.63) is 18.0 Å². The van der Waals surface area contributed by atoms with Crippen molar-refractivity contribution in [2.24, 2.45) is 0 Å². The zero-order chi connectivity index (χ0) is 9.86. The molecule has 1 aromatic heterocycles. The van der Waals surface area contributed by atoms with Crippen LogP contribution >= 0.6 is 0 Å². The summed E-state index contributed by atoms with van der Waals surface area (Å²) in [6, 6.07) is 0. The number of nitrogens with one attached hydrogen (secondary N) is 1. The highest BCUT2D eigenvalue weighted by Gasteiger charge is 2.32. The second-order valence-corrected chi connectivity index (χ2v) is 4.03. The van der Waals surface area contributed by atoms with Gasteiger partial charge < -0.3 is 14.9 Å². The highest BCUT2D eigenvalue weighted by molar-refractivity contribution is 5.02. The van der Waals surface area contributed by atoms with Crippen molar-refractivity contribution >= 4 is 0 Å². The molecule has 1 fully saturated rings. The lowest BCUT2D eigenvalue weighted by Gasteiger charge is -2.27. The van der Waals surface area contributed by atoms with E-state index in [2.05, 4.69) is 10.5 Å². The van der Waals surface area contributed by atoms with Gasteiger partial charge in [-0.05, 0) is 12.8 Å². The van der Waals surface area contributed by atoms with Crippen LogP contribution in [0.1, 0.15) is 31.2 Å². The predicted octanol–water partition coefficient (Wildman–Crippen LogP) is 1.07. The van der Waals surface area contributed by atoms with E-state index < -0.39 is 0 Å². The summed E-state index contributed by atoms with van der Waals surface area (Å²) in [5.74, 6) is 0. The van der Waals surface area contributed by atoms with Gasteiger partial charge in [0.05, 0.1) is 12.8 Å². The smallest absolute Gasteiger partial charge is 0.128 e. The van der Waals surface area contributed by atoms with Crippen molar-refractivity contribution < 1.29 is 9.63 Å². The third-order valence-corrected chi connectivity index (χ3v) is 3.01. The minimum atomic E-state index is -0.0583. The number of rotatable bonds is 4. The van der Waals surface area contributed by atoms with Crippen molar-refractivity contribution in [1.29, 1.82) is 0 Å². The largest absolute Gasteiger partial charge is 0.394 e. The molecule has 0 amide bonds. The van der Waals surface area contributed by atoms with E-state index in [1.807, 2.05) is 0 Å². The monoisotopic (exact) mass is 196 g/mol. The number of aromatic nitrogens is 1. The van der Waals surface area contributed by atoms with E-state index in [1.165, 1.54) is 12.8 Å². The number of hydrogen-bond donors (Lipinski definition) is 2. The van der Waals surface area contributed by atoms with Crippen molar-refractivity contribution in [3.63, 3.8) is 0 Å². The van der Waals surface area contributed by atoms with E-state index in [-0.39, 0.29) is 12.1 Å². The molecule has 0 aliphatic heterocycles. The Balaban J connectivity index is 1.89. The third-order valence-electron chi connectivity index (χ3n) is 3.01. The maximum absolute atomic E-state index is 9.34. The van der Waals surface area contributed by atoms with Gasteiger partial charge in [0.15, 0.2) is 0 Å². The van der Waals surface area contributed by atoms with Gasteiger partial charge in [-0.3, -0.25) is 0 Å². The molecule has 0 aromatic carbocycles. The van der Waals surface area contributed by atoms with Gasteiger partial charge in [0.1, 0.15) is 6.26 Å². The molecule has 0 unspecified atom stereocenters. The molecular formula is C10H16N2O2. The summed E-state index contributed by atoms with van der Waals surface area (Å²) in [6.07, 6.45) is 7.87. The Bertz CT molecular complexity index is 266. The Morgan fingerprint density at radius 3 is 2.86 bits per heavy atom. The van der Waals surface area contributed by atoms with Gasteiger partial charge in [0, 0.05) is 17.6 Å². The molecule has 1 aliphatic rings. The Morgan fingerprint density at radius 2 is 2.29 bits per heavy atom. The zero-order valence-electron chi connectivity index (χ0n) is 8.20. The molecule has 0 radical (unpaired) electrons. The lowest BCUT2D eigenvalue weighted by atomic mass is 9.99. The summed E-state index contributed by atoms with van der Waals surface area (Å²) in [5, 5.41) is 16.4. The first kappa shape index (κ1) is 9.68. The zero-order valence-corrected chi connectivity index (χ0v) is 8.20. The predicted molar refractivity (Wildman–Crippen MR) is 51.6 cm³/mol. The Kier molecular flexibility index (Phi) is 2.84. The van der Waals surface area contributed by atoms with Gasteiger partial charge in [-0.2, -0.15) is 0 Å². The lowest BCUT2D eigenvalue weighted by molar-refractivity contribution is 0.163. The van der Waals surface area contributed by atoms with Crippen LogP contribution in [-0.4, -0.2) is 22.4 Å². The van der Waals surface area contributed by atoms with Gasteiger partial charge in [-0.1, -0.05) is 18.0 Å². The summed E-state index contributed by atoms with van der Waals surface area (Å²) in [7, 11) is 0. The van der Waals surface area contributed by atoms with E-state index in [9.17, 15) is 5.11 Å². The van der Waals surface area contributed by atoms with Crippen LogP contribution in [0.25, 0.3) is 0 Å². The highest BCUT2D eigenvalue weighted by atomic mass is 16.5. The molecule has 4 nitrogen and oxygen atoms in total. The van der Waals surface area contributed by atoms with Crippen molar-refractivity contribution in [3.8, 4) is 0 Å². The van der Waals surface area contributed by atoms with Crippen LogP contribution in [0.5, 0.6) is 0 Å². The van der Waals surface area contributed by atoms with Crippen LogP contribution in [0.2, 0.25) is 0 Å². The van der Waals surface area contributed by atoms with E-state index in [0.717, 1.165) is 24.9 Å². The Hall–Kier alpha value is -0.870. The molecule has 2 rings (SSSR count). The van der Waals surface area contributed by atoms with Crippen LogP contribution in [0, 0.1) is 0 Å². The molecule has 4 heteroatoms. The molecule has 1 aliphatic carbocycles. The molecule has 78 valence electrons. The van der Waals surface area contributed by atoms with Crippen LogP contribution in [-0.2, 0) is 6.54 Å². The van der Waals surface area contributed by atoms with Gasteiger partial charge in [0.2, 0.25) is 0 Å². The van der Waals surface area contributed by atoms with Crippen molar-refractivity contribution in [2.45, 2.75) is 37.8 Å². The Labute approximate surface area is 83.3 Å². The first-order valence-electron chi connectivity index (χ1n) is 5.09. The van der Waals surface area contributed by atoms with E-state index >= 15 is 0 Å². The molecule has 0 spiro atoms. The Morgan fingerprint density at radius 1 is 1.50 bits per heavy atom. The van der Waals surface area contributed by atoms with E-state index in [4.69, 9.17) is 4.52 Å². The normalized spacial score (nSPS) is 20.1. The van der Waals surface area contributed by atoms with Gasteiger partial charge in [0.25, 0.3) is 0 Å². The average molecular weight is 196 g/mol. The van der Waals surface area contributed by atoms with Gasteiger partial charge in [-0.15, -0.1) is 0 Å². The SMILES string of the molecule is OCC1(NCc2cnoc2)CCCC1. The van der Waals surface area contributed by atoms with Gasteiger partial charge >= 0.3 is 0 Å². The summed E-state index contributed by atoms with van der Waals surface area (Å²) in [4.78, 5) is 0. The lowest BCUT2D eigenvalue weighted by Crippen LogP contribution is -2.45. The van der Waals surface area contributed by atoms with E-state index in [1.54, 1.807) is 12.5 Å². The molecule has 0 bridgehead atoms. The van der Waals surface area contributed by atoms with Gasteiger partial charge in [-0.25, -0.2) is 0 Å². The maximum atomic E-state index is 9.34. The average Bonchev–Trinajstić information content (AvgIpc) is 2.87. The first-order valence-corrected chi connectivity index (χ1v) is 5.09. The second kappa shape index (κ2) is 4.11. The summed E-state index contributed by atoms with van der Waals surface area (Å²) in [5.41, 5.74) is 0.974. The fraction of sp³-hybridized carbons (Fsp3) is 0.700. The van der Waals surface area contributed by atoms with Crippen LogP contribution in [0.4, 0.5) is 0 Å². The quantitative estimate of drug-likeness (QED) is 0.756. The topological polar surface area (TPSA) is 58.3 Å². The summed E-state index contributed by atoms with van der Waals surface area (Å²) in [6.45, 7) is 0.947. The molecule has 0 saturated heterocycles. The number of aliphatic hydroxyl groups excluding tert-OH is 1. The summed E-state index contributed by atoms with van der Waals surface area (Å²) < 4.78 is 4.74. The molecule has 1 aromatic rings. The van der Waals surface area contributed by atoms with Crippen molar-refractivity contribution in [2.75, 3.05) is 6.61 Å². The van der Waals surface area contributed by atoms with Crippen molar-refractivity contribution in [1.82, 2.24) is 10.5 Å². The molecule has 14 heavy (non-hydrogen) atoms.